The van der Waals surface area contributed by atoms with Crippen LogP contribution >= 0.6 is 0 Å². The third kappa shape index (κ3) is 4.54. The molecule has 8 heteroatoms. The van der Waals surface area contributed by atoms with Crippen LogP contribution in [0.1, 0.15) is 25.5 Å². The van der Waals surface area contributed by atoms with Gasteiger partial charge in [0.1, 0.15) is 11.5 Å². The van der Waals surface area contributed by atoms with Gasteiger partial charge in [-0.05, 0) is 31.5 Å². The largest absolute Gasteiger partial charge is 0.497 e. The minimum absolute atomic E-state index is 0.0394. The van der Waals surface area contributed by atoms with Gasteiger partial charge in [0, 0.05) is 12.6 Å². The number of hydrogen-bond acceptors (Lipinski definition) is 4. The summed E-state index contributed by atoms with van der Waals surface area (Å²) in [4.78, 5) is 31.3. The molecule has 2 N–H and O–H groups in total. The fraction of sp³-hybridized carbons (Fsp3) is 0.478. The highest BCUT2D eigenvalue weighted by Crippen LogP contribution is 2.38. The van der Waals surface area contributed by atoms with Crippen molar-refractivity contribution in [3.63, 3.8) is 0 Å². The van der Waals surface area contributed by atoms with Crippen molar-refractivity contribution in [2.75, 3.05) is 53.5 Å². The van der Waals surface area contributed by atoms with Crippen molar-refractivity contribution in [2.24, 2.45) is 0 Å². The maximum absolute atomic E-state index is 13.5. The Balaban J connectivity index is 1.98. The van der Waals surface area contributed by atoms with Crippen LogP contribution in [0.2, 0.25) is 0 Å². The Hall–Kier alpha value is -3.00. The summed E-state index contributed by atoms with van der Waals surface area (Å²) in [6.45, 7) is 12.4. The van der Waals surface area contributed by atoms with Crippen molar-refractivity contribution >= 4 is 11.9 Å². The molecular weight excluding hydrogens is 396 g/mol. The van der Waals surface area contributed by atoms with E-state index < -0.39 is 6.04 Å². The first kappa shape index (κ1) is 22.7. The van der Waals surface area contributed by atoms with Gasteiger partial charge in [0.25, 0.3) is 5.91 Å². The summed E-state index contributed by atoms with van der Waals surface area (Å²) in [6, 6.07) is 4.62. The maximum atomic E-state index is 13.5. The molecule has 0 spiro atoms. The minimum Gasteiger partial charge on any atom is -0.497 e. The third-order valence-electron chi connectivity index (χ3n) is 6.05. The van der Waals surface area contributed by atoms with Crippen LogP contribution in [0.25, 0.3) is 0 Å². The van der Waals surface area contributed by atoms with Gasteiger partial charge in [-0.25, -0.2) is 4.79 Å². The van der Waals surface area contributed by atoms with Gasteiger partial charge in [0.15, 0.2) is 0 Å². The molecule has 0 aliphatic carbocycles. The second-order valence-electron chi connectivity index (χ2n) is 7.72. The summed E-state index contributed by atoms with van der Waals surface area (Å²) in [6.07, 6.45) is 1.67. The smallest absolute Gasteiger partial charge is 0.322 e. The van der Waals surface area contributed by atoms with Crippen molar-refractivity contribution < 1.29 is 24.0 Å². The molecule has 0 bridgehead atoms. The normalized spacial score (nSPS) is 18.4. The number of methoxy groups -OCH3 is 2. The summed E-state index contributed by atoms with van der Waals surface area (Å²) in [7, 11) is 3.15. The van der Waals surface area contributed by atoms with E-state index in [1.54, 1.807) is 31.3 Å². The first-order valence-corrected chi connectivity index (χ1v) is 10.7. The lowest BCUT2D eigenvalue weighted by Gasteiger charge is -2.33. The number of urea groups is 1. The van der Waals surface area contributed by atoms with E-state index in [-0.39, 0.29) is 11.9 Å². The lowest BCUT2D eigenvalue weighted by atomic mass is 9.95. The van der Waals surface area contributed by atoms with Gasteiger partial charge in [-0.3, -0.25) is 9.69 Å². The highest BCUT2D eigenvalue weighted by molar-refractivity contribution is 6.01. The van der Waals surface area contributed by atoms with Crippen LogP contribution in [0, 0.1) is 0 Å². The monoisotopic (exact) mass is 429 g/mol. The molecule has 0 saturated carbocycles. The molecule has 1 aromatic rings. The molecule has 3 amide bonds. The van der Waals surface area contributed by atoms with Crippen LogP contribution in [0.15, 0.2) is 42.1 Å². The molecule has 0 aromatic heterocycles. The SMILES string of the molecule is C=CCN1C(=O)N[C@@H](c2cc(OC)cc(OC)c2)C2=C1CN(CC[NH+](CC)CC)C2=O. The highest BCUT2D eigenvalue weighted by atomic mass is 16.5. The zero-order valence-corrected chi connectivity index (χ0v) is 18.9. The first-order chi connectivity index (χ1) is 15.0. The van der Waals surface area contributed by atoms with Gasteiger partial charge in [0.2, 0.25) is 0 Å². The second-order valence-corrected chi connectivity index (χ2v) is 7.72. The number of quaternary nitrogens is 1. The van der Waals surface area contributed by atoms with Crippen LogP contribution in [0.3, 0.4) is 0 Å². The maximum Gasteiger partial charge on any atom is 0.322 e. The first-order valence-electron chi connectivity index (χ1n) is 10.7. The van der Waals surface area contributed by atoms with Gasteiger partial charge in [-0.2, -0.15) is 0 Å². The molecule has 3 rings (SSSR count). The van der Waals surface area contributed by atoms with E-state index in [1.807, 2.05) is 17.0 Å². The summed E-state index contributed by atoms with van der Waals surface area (Å²) >= 11 is 0. The van der Waals surface area contributed by atoms with Crippen molar-refractivity contribution in [3.8, 4) is 11.5 Å². The summed E-state index contributed by atoms with van der Waals surface area (Å²) < 4.78 is 10.8. The van der Waals surface area contributed by atoms with E-state index in [0.717, 1.165) is 30.9 Å². The topological polar surface area (TPSA) is 75.6 Å². The number of amides is 3. The Kier molecular flexibility index (Phi) is 7.22. The third-order valence-corrected chi connectivity index (χ3v) is 6.05. The Morgan fingerprint density at radius 2 is 1.81 bits per heavy atom. The number of benzene rings is 1. The predicted molar refractivity (Wildman–Crippen MR) is 118 cm³/mol. The predicted octanol–water partition coefficient (Wildman–Crippen LogP) is 0.977. The van der Waals surface area contributed by atoms with Crippen molar-refractivity contribution in [2.45, 2.75) is 19.9 Å². The zero-order valence-electron chi connectivity index (χ0n) is 18.9. The summed E-state index contributed by atoms with van der Waals surface area (Å²) in [5.41, 5.74) is 2.10. The molecule has 0 radical (unpaired) electrons. The standard InChI is InChI=1S/C23H32N4O4/c1-6-9-27-19-15-26(11-10-25(7-2)8-3)22(28)20(19)21(24-23(27)29)16-12-17(30-4)14-18(13-16)31-5/h6,12-14,21H,1,7-11,15H2,2-5H3,(H,24,29)/p+1/t21-/m0/s1. The lowest BCUT2D eigenvalue weighted by molar-refractivity contribution is -0.895. The lowest BCUT2D eigenvalue weighted by Crippen LogP contribution is -3.12. The molecule has 2 aliphatic rings. The molecule has 8 nitrogen and oxygen atoms in total. The number of nitrogens with zero attached hydrogens (tertiary/aromatic N) is 2. The number of ether oxygens (including phenoxy) is 2. The van der Waals surface area contributed by atoms with E-state index in [0.29, 0.717) is 36.7 Å². The van der Waals surface area contributed by atoms with Crippen LogP contribution in [-0.4, -0.2) is 75.2 Å². The molecule has 0 unspecified atom stereocenters. The van der Waals surface area contributed by atoms with E-state index >= 15 is 0 Å². The molecule has 2 aliphatic heterocycles. The molecule has 2 heterocycles. The number of likely N-dealkylation sites (N-methyl/N-ethyl adjacent to an activating group) is 1. The summed E-state index contributed by atoms with van der Waals surface area (Å²) in [5, 5.41) is 3.00. The van der Waals surface area contributed by atoms with Crippen LogP contribution < -0.4 is 19.7 Å². The number of carbonyl (C=O) groups is 2. The van der Waals surface area contributed by atoms with Crippen molar-refractivity contribution in [3.05, 3.63) is 47.7 Å². The molecule has 1 aromatic carbocycles. The van der Waals surface area contributed by atoms with Gasteiger partial charge in [0.05, 0.1) is 64.3 Å². The molecule has 0 saturated heterocycles. The Labute approximate surface area is 184 Å². The fourth-order valence-electron chi connectivity index (χ4n) is 4.19. The molecule has 168 valence electrons. The number of rotatable bonds is 10. The van der Waals surface area contributed by atoms with Crippen LogP contribution in [-0.2, 0) is 4.79 Å². The molecule has 0 fully saturated rings. The van der Waals surface area contributed by atoms with Gasteiger partial charge >= 0.3 is 6.03 Å². The number of carbonyl (C=O) groups excluding carboxylic acids is 2. The van der Waals surface area contributed by atoms with E-state index in [9.17, 15) is 9.59 Å². The minimum atomic E-state index is -0.564. The molecular formula is C23H33N4O4+. The molecule has 1 atom stereocenters. The Morgan fingerprint density at radius 1 is 1.16 bits per heavy atom. The Bertz CT molecular complexity index is 856. The van der Waals surface area contributed by atoms with E-state index in [4.69, 9.17) is 9.47 Å². The average molecular weight is 430 g/mol. The average Bonchev–Trinajstić information content (AvgIpc) is 3.12. The highest BCUT2D eigenvalue weighted by Gasteiger charge is 2.44. The van der Waals surface area contributed by atoms with Gasteiger partial charge in [-0.1, -0.05) is 6.08 Å². The number of nitrogens with one attached hydrogen (secondary N) is 2. The van der Waals surface area contributed by atoms with E-state index in [1.165, 1.54) is 4.90 Å². The second kappa shape index (κ2) is 9.87. The van der Waals surface area contributed by atoms with E-state index in [2.05, 4.69) is 25.7 Å². The van der Waals surface area contributed by atoms with Crippen molar-refractivity contribution in [1.29, 1.82) is 0 Å². The van der Waals surface area contributed by atoms with Gasteiger partial charge < -0.3 is 24.6 Å². The Morgan fingerprint density at radius 3 is 2.35 bits per heavy atom. The van der Waals surface area contributed by atoms with Gasteiger partial charge in [-0.15, -0.1) is 6.58 Å². The van der Waals surface area contributed by atoms with Crippen LogP contribution in [0.4, 0.5) is 4.79 Å². The van der Waals surface area contributed by atoms with Crippen molar-refractivity contribution in [1.82, 2.24) is 15.1 Å². The molecule has 31 heavy (non-hydrogen) atoms. The van der Waals surface area contributed by atoms with Crippen LogP contribution in [0.5, 0.6) is 11.5 Å². The summed E-state index contributed by atoms with van der Waals surface area (Å²) in [5.74, 6) is 1.17. The zero-order chi connectivity index (χ0) is 22.5. The quantitative estimate of drug-likeness (QED) is 0.544. The fourth-order valence-corrected chi connectivity index (χ4v) is 4.19. The number of hydrogen-bond donors (Lipinski definition) is 2.